The van der Waals surface area contributed by atoms with Gasteiger partial charge < -0.3 is 23.7 Å². The molecule has 812 valence electrons. The van der Waals surface area contributed by atoms with Gasteiger partial charge in [-0.05, 0) is 172 Å². The minimum atomic E-state index is -3.82. The number of ketones is 5. The van der Waals surface area contributed by atoms with Crippen LogP contribution < -0.4 is 0 Å². The summed E-state index contributed by atoms with van der Waals surface area (Å²) in [5, 5.41) is 0. The number of methoxy groups -OCH3 is 2. The second kappa shape index (κ2) is 58.6. The maximum absolute atomic E-state index is 13.3. The Morgan fingerprint density at radius 1 is 0.304 bits per heavy atom. The number of hydrogen-bond donors (Lipinski definition) is 0. The van der Waals surface area contributed by atoms with Crippen LogP contribution in [-0.2, 0) is 135 Å². The lowest BCUT2D eigenvalue weighted by atomic mass is 9.89. The van der Waals surface area contributed by atoms with Gasteiger partial charge in [-0.2, -0.15) is 80.3 Å². The van der Waals surface area contributed by atoms with E-state index < -0.39 is 145 Å². The number of hydrogen-bond acceptors (Lipinski definition) is 30. The third-order valence-electron chi connectivity index (χ3n) is 25.6. The number of sulfonamides is 5. The van der Waals surface area contributed by atoms with E-state index in [2.05, 4.69) is 0 Å². The molecule has 10 atom stereocenters. The number of rotatable bonds is 39. The Bertz CT molecular complexity index is 6190. The van der Waals surface area contributed by atoms with Crippen molar-refractivity contribution in [2.24, 2.45) is 47.3 Å². The van der Waals surface area contributed by atoms with Crippen molar-refractivity contribution >= 4 is 168 Å². The van der Waals surface area contributed by atoms with Gasteiger partial charge in [0, 0.05) is 122 Å². The zero-order chi connectivity index (χ0) is 109. The summed E-state index contributed by atoms with van der Waals surface area (Å²) >= 11 is 7.78. The van der Waals surface area contributed by atoms with Crippen molar-refractivity contribution in [3.05, 3.63) is 221 Å². The molecule has 5 aliphatic heterocycles. The van der Waals surface area contributed by atoms with Gasteiger partial charge in [0.25, 0.3) is 0 Å². The summed E-state index contributed by atoms with van der Waals surface area (Å²) in [4.78, 5) is 128. The molecule has 0 unspecified atom stereocenters. The van der Waals surface area contributed by atoms with Crippen LogP contribution in [0.25, 0.3) is 0 Å². The van der Waals surface area contributed by atoms with Gasteiger partial charge in [0.1, 0.15) is 5.60 Å². The monoisotopic (exact) mass is 2230 g/mol. The van der Waals surface area contributed by atoms with Gasteiger partial charge in [0.05, 0.1) is 112 Å². The van der Waals surface area contributed by atoms with Crippen molar-refractivity contribution in [2.45, 2.75) is 216 Å². The Morgan fingerprint density at radius 3 is 0.743 bits per heavy atom. The highest BCUT2D eigenvalue weighted by Crippen LogP contribution is 2.37. The van der Waals surface area contributed by atoms with E-state index in [9.17, 15) is 90.0 Å². The minimum Gasteiger partial charge on any atom is -0.469 e. The molecule has 0 aliphatic carbocycles. The molecule has 40 heteroatoms. The Hall–Kier alpha value is -8.46. The molecule has 30 nitrogen and oxygen atoms in total. The first-order valence-electron chi connectivity index (χ1n) is 49.6. The average molecular weight is 2230 g/mol. The molecule has 148 heavy (non-hydrogen) atoms. The van der Waals surface area contributed by atoms with Crippen LogP contribution in [0.4, 0.5) is 0 Å². The van der Waals surface area contributed by atoms with Crippen LogP contribution in [0.1, 0.15) is 147 Å². The van der Waals surface area contributed by atoms with Crippen LogP contribution in [0, 0.1) is 82.0 Å². The Kier molecular flexibility index (Phi) is 49.4. The smallest absolute Gasteiger partial charge is 0.310 e. The van der Waals surface area contributed by atoms with Gasteiger partial charge in [-0.25, -0.2) is 42.1 Å². The molecule has 7 aromatic carbocycles. The molecule has 5 aliphatic rings. The topological polar surface area (TPSA) is 404 Å². The van der Waals surface area contributed by atoms with Crippen LogP contribution >= 0.6 is 58.8 Å². The largest absolute Gasteiger partial charge is 0.469 e. The summed E-state index contributed by atoms with van der Waals surface area (Å²) in [6.45, 7) is 31.3. The normalized spacial score (nSPS) is 19.0. The van der Waals surface area contributed by atoms with E-state index in [-0.39, 0.29) is 149 Å². The van der Waals surface area contributed by atoms with Crippen molar-refractivity contribution in [1.29, 1.82) is 0 Å². The summed E-state index contributed by atoms with van der Waals surface area (Å²) in [5.41, 5.74) is 6.03. The van der Waals surface area contributed by atoms with Gasteiger partial charge >= 0.3 is 29.8 Å². The molecule has 0 saturated carbocycles. The first-order valence-corrected chi connectivity index (χ1v) is 62.6. The first kappa shape index (κ1) is 125. The third kappa shape index (κ3) is 35.8. The van der Waals surface area contributed by atoms with Crippen molar-refractivity contribution in [3.63, 3.8) is 0 Å². The van der Waals surface area contributed by atoms with Crippen molar-refractivity contribution in [2.75, 3.05) is 118 Å². The maximum atomic E-state index is 13.3. The standard InChI is InChI=1S/C24H29NO5S2.C23H27NO5S2.C22H33NO5S2.C20H29NO5S2.C19H27NO5S2/c1-3-30-24(27)20(15-19-7-5-4-6-8-19)16-23(26)22-17-31-14-13-25(22)32(28,29)21-11-9-18(2)10-12-21;1-17-8-10-20(11-9-17)31(27,28)24-12-13-30-16-21(24)22(25)15-19(23(26)29-2)14-18-6-4-3-5-7-18;1-15(2)18(21(25)28-22(4,5)6)13-20(24)19-14-29-12-11-23(19)30(26,27)17-9-7-16(3)8-10-17;1-5-26-20(23)17(14(2)3)12-19(22)18-13-27-11-10-21(18)28(24,25)16-8-6-15(4)7-9-16;1-13(2)16(19(22)25-4)11-18(21)17-12-26-10-9-20(17)27(23,24)15-7-5-14(3)6-8-15/h4-12,20,22H,3,13-17H2,1-2H3;3-11,19,21H,12-16H2,1-2H3;7-10,15,18-19H,11-14H2,1-6H3;6-9,14,17-18H,5,10-13H2,1-4H3;5-8,13,16-17H,9-12H2,1-4H3/t20-,22+;19-,21+;18-,19+;17-,18-;16-,17+/m11101/s1. The molecule has 0 N–H and O–H groups in total. The summed E-state index contributed by atoms with van der Waals surface area (Å²) < 4.78 is 164. The first-order chi connectivity index (χ1) is 69.8. The van der Waals surface area contributed by atoms with Crippen LogP contribution in [0.15, 0.2) is 206 Å². The van der Waals surface area contributed by atoms with E-state index in [0.29, 0.717) is 70.4 Å². The highest BCUT2D eigenvalue weighted by Gasteiger charge is 2.47. The number of carbonyl (C=O) groups excluding carboxylic acids is 10. The van der Waals surface area contributed by atoms with E-state index in [0.717, 1.165) is 38.9 Å². The Morgan fingerprint density at radius 2 is 0.520 bits per heavy atom. The fraction of sp³-hybridized carbons (Fsp3) is 0.519. The van der Waals surface area contributed by atoms with Gasteiger partial charge in [-0.15, -0.1) is 0 Å². The number of Topliss-reactive ketones (excluding diaryl/α,β-unsaturated/α-hetero) is 5. The van der Waals surface area contributed by atoms with Gasteiger partial charge in [-0.1, -0.05) is 191 Å². The zero-order valence-corrected chi connectivity index (χ0v) is 96.0. The molecule has 5 heterocycles. The fourth-order valence-corrected chi connectivity index (χ4v) is 31.5. The van der Waals surface area contributed by atoms with Crippen LogP contribution in [-0.4, -0.2) is 276 Å². The molecule has 0 spiro atoms. The molecule has 7 aromatic rings. The summed E-state index contributed by atoms with van der Waals surface area (Å²) in [5.74, 6) is -1.52. The van der Waals surface area contributed by atoms with E-state index in [1.54, 1.807) is 215 Å². The van der Waals surface area contributed by atoms with Crippen molar-refractivity contribution in [3.8, 4) is 0 Å². The fourth-order valence-electron chi connectivity index (χ4n) is 16.9. The van der Waals surface area contributed by atoms with Crippen molar-refractivity contribution in [1.82, 2.24) is 21.5 Å². The average Bonchev–Trinajstić information content (AvgIpc) is 0.796. The molecule has 5 saturated heterocycles. The summed E-state index contributed by atoms with van der Waals surface area (Å²) in [7, 11) is -16.4. The SMILES string of the molecule is CCOC(=O)[C@@H](CC(=O)[C@@H]1CSCCN1S(=O)(=O)c1ccc(C)cc1)C(C)C.CCOC(=O)[C@@H](CC(=O)[C@@H]1CSCCN1S(=O)(=O)c1ccc(C)cc1)Cc1ccccc1.COC(=O)[C@@H](CC(=O)[C@@H]1CSCCN1S(=O)(=O)c1ccc(C)cc1)Cc1ccccc1.COC(=O)[C@H](CC(=O)[C@@H]1CSCCN1S(=O)(=O)c1ccc(C)cc1)C(C)C.Cc1ccc(S(=O)(=O)N2CCSC[C@H]2C(=O)C[C@@H](C(=O)OC(C)(C)C)C(C)C)cc1. The van der Waals surface area contributed by atoms with E-state index in [1.165, 1.54) is 35.7 Å². The maximum Gasteiger partial charge on any atom is 0.310 e. The molecule has 12 rings (SSSR count). The highest BCUT2D eigenvalue weighted by atomic mass is 32.2. The third-order valence-corrected chi connectivity index (χ3v) is 40.3. The quantitative estimate of drug-likeness (QED) is 0.0255. The van der Waals surface area contributed by atoms with E-state index in [1.807, 2.05) is 137 Å². The number of benzene rings is 7. The summed E-state index contributed by atoms with van der Waals surface area (Å²) in [6, 6.07) is 48.2. The number of carbonyl (C=O) groups is 10. The molecular weight excluding hydrogens is 2090 g/mol. The number of aryl methyl sites for hydroxylation is 5. The highest BCUT2D eigenvalue weighted by molar-refractivity contribution is 8.00. The molecule has 0 amide bonds. The lowest BCUT2D eigenvalue weighted by Gasteiger charge is -2.34. The Labute approximate surface area is 897 Å². The van der Waals surface area contributed by atoms with Gasteiger partial charge in [0.2, 0.25) is 50.1 Å². The number of nitrogens with zero attached hydrogens (tertiary/aromatic N) is 5. The summed E-state index contributed by atoms with van der Waals surface area (Å²) in [6.07, 6.45) is 0.556. The zero-order valence-electron chi connectivity index (χ0n) is 87.8. The lowest BCUT2D eigenvalue weighted by Crippen LogP contribution is -2.51. The minimum absolute atomic E-state index is 0.0123. The lowest BCUT2D eigenvalue weighted by molar-refractivity contribution is -0.163. The number of thioether (sulfide) groups is 5. The second-order valence-corrected chi connectivity index (χ2v) is 54.1. The van der Waals surface area contributed by atoms with E-state index in [4.69, 9.17) is 23.7 Å². The number of esters is 5. The Balaban J connectivity index is 0.000000226. The van der Waals surface area contributed by atoms with Crippen molar-refractivity contribution < 1.29 is 114 Å². The second-order valence-electron chi connectivity index (χ2n) is 38.9. The molecule has 0 radical (unpaired) electrons. The number of ether oxygens (including phenoxy) is 5. The molecule has 5 fully saturated rings. The predicted molar refractivity (Wildman–Crippen MR) is 584 cm³/mol. The predicted octanol–water partition coefficient (Wildman–Crippen LogP) is 15.6. The van der Waals surface area contributed by atoms with Crippen LogP contribution in [0.5, 0.6) is 0 Å². The van der Waals surface area contributed by atoms with Gasteiger partial charge in [0.15, 0.2) is 28.9 Å². The molecular formula is C108H145N5O25S10. The molecule has 0 aromatic heterocycles. The van der Waals surface area contributed by atoms with E-state index >= 15 is 0 Å². The van der Waals surface area contributed by atoms with Crippen LogP contribution in [0.2, 0.25) is 0 Å². The van der Waals surface area contributed by atoms with Gasteiger partial charge in [-0.3, -0.25) is 47.9 Å². The molecule has 0 bridgehead atoms. The van der Waals surface area contributed by atoms with Crippen LogP contribution in [0.3, 0.4) is 0 Å².